The van der Waals surface area contributed by atoms with Crippen LogP contribution in [-0.4, -0.2) is 36.4 Å². The molecule has 4 rings (SSSR count). The van der Waals surface area contributed by atoms with E-state index in [4.69, 9.17) is 0 Å². The summed E-state index contributed by atoms with van der Waals surface area (Å²) in [5.41, 5.74) is 1.42. The Balaban J connectivity index is 1.94. The van der Waals surface area contributed by atoms with Gasteiger partial charge in [0.25, 0.3) is 0 Å². The molecule has 0 unspecified atom stereocenters. The van der Waals surface area contributed by atoms with Crippen LogP contribution < -0.4 is 0 Å². The maximum Gasteiger partial charge on any atom is 0.171 e. The largest absolute Gasteiger partial charge is 0.508 e. The molecule has 6 N–H and O–H groups in total. The minimum Gasteiger partial charge on any atom is -0.508 e. The van der Waals surface area contributed by atoms with E-state index in [0.717, 1.165) is 11.6 Å². The molecule has 0 amide bonds. The lowest BCUT2D eigenvalue weighted by Crippen LogP contribution is -2.31. The van der Waals surface area contributed by atoms with Gasteiger partial charge in [0.05, 0.1) is 5.56 Å². The van der Waals surface area contributed by atoms with Gasteiger partial charge >= 0.3 is 0 Å². The van der Waals surface area contributed by atoms with Crippen molar-refractivity contribution in [2.45, 2.75) is 25.2 Å². The summed E-state index contributed by atoms with van der Waals surface area (Å²) < 4.78 is 0. The molecule has 33 heavy (non-hydrogen) atoms. The van der Waals surface area contributed by atoms with E-state index in [-0.39, 0.29) is 39.9 Å². The summed E-state index contributed by atoms with van der Waals surface area (Å²) >= 11 is 0. The Morgan fingerprint density at radius 2 is 1.39 bits per heavy atom. The van der Waals surface area contributed by atoms with E-state index in [2.05, 4.69) is 0 Å². The molecule has 3 aromatic rings. The van der Waals surface area contributed by atoms with E-state index < -0.39 is 29.3 Å². The highest BCUT2D eigenvalue weighted by molar-refractivity contribution is 6.02. The van der Waals surface area contributed by atoms with Crippen LogP contribution in [0, 0.1) is 5.92 Å². The van der Waals surface area contributed by atoms with E-state index in [0.29, 0.717) is 12.0 Å². The van der Waals surface area contributed by atoms with Crippen molar-refractivity contribution in [3.05, 3.63) is 82.9 Å². The first-order chi connectivity index (χ1) is 15.7. The monoisotopic (exact) mass is 448 g/mol. The van der Waals surface area contributed by atoms with E-state index in [1.165, 1.54) is 48.5 Å². The van der Waals surface area contributed by atoms with Crippen molar-refractivity contribution < 1.29 is 35.4 Å². The Kier molecular flexibility index (Phi) is 5.64. The van der Waals surface area contributed by atoms with Gasteiger partial charge in [0.2, 0.25) is 0 Å². The molecule has 0 radical (unpaired) electrons. The first kappa shape index (κ1) is 22.1. The van der Waals surface area contributed by atoms with Gasteiger partial charge in [-0.15, -0.1) is 0 Å². The normalized spacial score (nSPS) is 20.3. The molecule has 7 nitrogen and oxygen atoms in total. The predicted molar refractivity (Wildman–Crippen MR) is 121 cm³/mol. The van der Waals surface area contributed by atoms with Crippen molar-refractivity contribution in [2.24, 2.45) is 5.92 Å². The van der Waals surface area contributed by atoms with Gasteiger partial charge in [-0.2, -0.15) is 0 Å². The number of carbonyl (C=O) groups excluding carboxylic acids is 1. The Bertz CT molecular complexity index is 1240. The second kappa shape index (κ2) is 8.43. The summed E-state index contributed by atoms with van der Waals surface area (Å²) in [7, 11) is 0. The summed E-state index contributed by atoms with van der Waals surface area (Å²) in [5, 5.41) is 61.5. The molecule has 3 aromatic carbocycles. The number of hydrogen-bond donors (Lipinski definition) is 6. The summed E-state index contributed by atoms with van der Waals surface area (Å²) in [6.45, 7) is 1.85. The Labute approximate surface area is 190 Å². The average Bonchev–Trinajstić information content (AvgIpc) is 2.73. The van der Waals surface area contributed by atoms with Crippen molar-refractivity contribution in [1.82, 2.24) is 0 Å². The molecule has 170 valence electrons. The van der Waals surface area contributed by atoms with Gasteiger partial charge < -0.3 is 30.6 Å². The fraction of sp³-hybridized carbons (Fsp3) is 0.192. The van der Waals surface area contributed by atoms with Gasteiger partial charge in [-0.1, -0.05) is 23.8 Å². The highest BCUT2D eigenvalue weighted by Gasteiger charge is 2.42. The number of rotatable bonds is 4. The molecule has 0 aliphatic heterocycles. The third-order valence-corrected chi connectivity index (χ3v) is 6.18. The molecular weight excluding hydrogens is 424 g/mol. The van der Waals surface area contributed by atoms with Crippen LogP contribution in [0.3, 0.4) is 0 Å². The third kappa shape index (κ3) is 4.05. The van der Waals surface area contributed by atoms with Crippen LogP contribution in [0.5, 0.6) is 34.5 Å². The van der Waals surface area contributed by atoms with Gasteiger partial charge in [0.15, 0.2) is 5.78 Å². The molecule has 7 heteroatoms. The van der Waals surface area contributed by atoms with Crippen LogP contribution in [0.15, 0.2) is 66.2 Å². The van der Waals surface area contributed by atoms with Crippen molar-refractivity contribution >= 4 is 5.78 Å². The number of allylic oxidation sites excluding steroid dienone is 2. The molecule has 0 saturated heterocycles. The standard InChI is InChI=1S/C26H24O7/c1-13-9-18(16-7-5-14(27)11-22(16)31)24(26(33)17-8-6-15(28)12-23(17)32)19(10-13)25-20(29)3-2-4-21(25)30/h2-8,10-12,18-19,24,27-32H,9H2,1H3/t18-,19-,24-/m1/s1. The quantitative estimate of drug-likeness (QED) is 0.253. The Morgan fingerprint density at radius 3 is 2.00 bits per heavy atom. The molecule has 3 atom stereocenters. The SMILES string of the molecule is CC1=C[C@@H](c2c(O)cccc2O)[C@H](C(=O)c2ccc(O)cc2O)[C@@H](c2ccc(O)cc2O)C1. The molecule has 0 saturated carbocycles. The zero-order valence-corrected chi connectivity index (χ0v) is 17.8. The molecule has 0 spiro atoms. The molecule has 0 fully saturated rings. The molecule has 0 aromatic heterocycles. The smallest absolute Gasteiger partial charge is 0.171 e. The van der Waals surface area contributed by atoms with Gasteiger partial charge in [-0.25, -0.2) is 0 Å². The molecular formula is C26H24O7. The number of ketones is 1. The summed E-state index contributed by atoms with van der Waals surface area (Å²) in [6, 6.07) is 12.1. The molecule has 0 heterocycles. The lowest BCUT2D eigenvalue weighted by molar-refractivity contribution is 0.0876. The second-order valence-corrected chi connectivity index (χ2v) is 8.39. The van der Waals surface area contributed by atoms with E-state index in [1.54, 1.807) is 6.08 Å². The number of phenols is 6. The zero-order chi connectivity index (χ0) is 23.9. The minimum absolute atomic E-state index is 0.0334. The van der Waals surface area contributed by atoms with E-state index in [1.807, 2.05) is 6.92 Å². The van der Waals surface area contributed by atoms with Crippen LogP contribution in [0.2, 0.25) is 0 Å². The third-order valence-electron chi connectivity index (χ3n) is 6.18. The van der Waals surface area contributed by atoms with Crippen LogP contribution in [0.4, 0.5) is 0 Å². The highest BCUT2D eigenvalue weighted by Crippen LogP contribution is 2.52. The lowest BCUT2D eigenvalue weighted by Gasteiger charge is -2.37. The topological polar surface area (TPSA) is 138 Å². The first-order valence-corrected chi connectivity index (χ1v) is 10.4. The Morgan fingerprint density at radius 1 is 0.788 bits per heavy atom. The fourth-order valence-corrected chi connectivity index (χ4v) is 4.75. The van der Waals surface area contributed by atoms with Crippen LogP contribution in [-0.2, 0) is 0 Å². The summed E-state index contributed by atoms with van der Waals surface area (Å²) in [6.07, 6.45) is 2.18. The van der Waals surface area contributed by atoms with Crippen LogP contribution in [0.25, 0.3) is 0 Å². The minimum atomic E-state index is -0.932. The van der Waals surface area contributed by atoms with Gasteiger partial charge in [-0.3, -0.25) is 4.79 Å². The molecule has 0 bridgehead atoms. The summed E-state index contributed by atoms with van der Waals surface area (Å²) in [4.78, 5) is 13.8. The predicted octanol–water partition coefficient (Wildman–Crippen LogP) is 4.64. The Hall–Kier alpha value is -4.13. The lowest BCUT2D eigenvalue weighted by atomic mass is 9.65. The first-order valence-electron chi connectivity index (χ1n) is 10.4. The van der Waals surface area contributed by atoms with Crippen LogP contribution >= 0.6 is 0 Å². The maximum atomic E-state index is 13.8. The van der Waals surface area contributed by atoms with E-state index in [9.17, 15) is 35.4 Å². The number of benzene rings is 3. The summed E-state index contributed by atoms with van der Waals surface area (Å²) in [5.74, 6) is -4.10. The van der Waals surface area contributed by atoms with Crippen molar-refractivity contribution in [3.63, 3.8) is 0 Å². The van der Waals surface area contributed by atoms with Crippen molar-refractivity contribution in [2.75, 3.05) is 0 Å². The fourth-order valence-electron chi connectivity index (χ4n) is 4.75. The zero-order valence-electron chi connectivity index (χ0n) is 17.8. The number of aromatic hydroxyl groups is 6. The molecule has 1 aliphatic carbocycles. The molecule has 1 aliphatic rings. The van der Waals surface area contributed by atoms with Gasteiger partial charge in [0, 0.05) is 35.4 Å². The maximum absolute atomic E-state index is 13.8. The second-order valence-electron chi connectivity index (χ2n) is 8.39. The van der Waals surface area contributed by atoms with Crippen molar-refractivity contribution in [1.29, 1.82) is 0 Å². The number of hydrogen-bond acceptors (Lipinski definition) is 7. The van der Waals surface area contributed by atoms with Crippen molar-refractivity contribution in [3.8, 4) is 34.5 Å². The van der Waals surface area contributed by atoms with Gasteiger partial charge in [0.1, 0.15) is 34.5 Å². The number of phenolic OH excluding ortho intramolecular Hbond substituents is 6. The van der Waals surface area contributed by atoms with Gasteiger partial charge in [-0.05, 0) is 49.2 Å². The number of Topliss-reactive ketones (excluding diaryl/α,β-unsaturated/α-hetero) is 1. The van der Waals surface area contributed by atoms with E-state index >= 15 is 0 Å². The number of carbonyl (C=O) groups is 1. The average molecular weight is 448 g/mol. The van der Waals surface area contributed by atoms with Crippen LogP contribution in [0.1, 0.15) is 46.7 Å². The highest BCUT2D eigenvalue weighted by atomic mass is 16.3.